The Morgan fingerprint density at radius 1 is 1.17 bits per heavy atom. The number of amides is 1. The van der Waals surface area contributed by atoms with Crippen LogP contribution in [-0.2, 0) is 4.79 Å². The molecule has 112 valence electrons. The number of anilines is 1. The van der Waals surface area contributed by atoms with Gasteiger partial charge >= 0.3 is 0 Å². The summed E-state index contributed by atoms with van der Waals surface area (Å²) < 4.78 is 5.28. The maximum Gasteiger partial charge on any atom is 0.252 e. The summed E-state index contributed by atoms with van der Waals surface area (Å²) in [6.45, 7) is 0. The number of benzene rings is 1. The third-order valence-corrected chi connectivity index (χ3v) is 3.20. The average molecular weight is 306 g/mol. The van der Waals surface area contributed by atoms with Crippen molar-refractivity contribution < 1.29 is 14.0 Å². The minimum Gasteiger partial charge on any atom is -0.464 e. The maximum absolute atomic E-state index is 12.5. The molecule has 23 heavy (non-hydrogen) atoms. The van der Waals surface area contributed by atoms with Gasteiger partial charge in [-0.15, -0.1) is 0 Å². The Morgan fingerprint density at radius 3 is 2.65 bits per heavy atom. The number of furan rings is 1. The lowest BCUT2D eigenvalue weighted by atomic mass is 9.97. The first kappa shape index (κ1) is 14.4. The summed E-state index contributed by atoms with van der Waals surface area (Å²) in [7, 11) is 0. The summed E-state index contributed by atoms with van der Waals surface area (Å²) in [4.78, 5) is 32.3. The van der Waals surface area contributed by atoms with Gasteiger partial charge < -0.3 is 4.42 Å². The van der Waals surface area contributed by atoms with Crippen molar-refractivity contribution in [3.63, 3.8) is 0 Å². The zero-order valence-electron chi connectivity index (χ0n) is 11.8. The van der Waals surface area contributed by atoms with E-state index in [1.165, 1.54) is 18.7 Å². The summed E-state index contributed by atoms with van der Waals surface area (Å²) in [6.07, 6.45) is 4.13. The lowest BCUT2D eigenvalue weighted by Gasteiger charge is -2.07. The van der Waals surface area contributed by atoms with E-state index in [9.17, 15) is 14.9 Å². The first-order chi connectivity index (χ1) is 11.2. The van der Waals surface area contributed by atoms with Crippen LogP contribution >= 0.6 is 0 Å². The van der Waals surface area contributed by atoms with Gasteiger partial charge in [-0.2, -0.15) is 5.26 Å². The largest absolute Gasteiger partial charge is 0.464 e. The van der Waals surface area contributed by atoms with Crippen LogP contribution in [0.1, 0.15) is 10.4 Å². The highest BCUT2D eigenvalue weighted by Gasteiger charge is 2.30. The highest BCUT2D eigenvalue weighted by atomic mass is 16.3. The van der Waals surface area contributed by atoms with Crippen molar-refractivity contribution in [3.8, 4) is 6.07 Å². The Morgan fingerprint density at radius 2 is 1.91 bits per heavy atom. The van der Waals surface area contributed by atoms with Crippen molar-refractivity contribution in [1.29, 1.82) is 5.26 Å². The predicted octanol–water partition coefficient (Wildman–Crippen LogP) is 2.18. The molecule has 0 unspecified atom stereocenters. The third kappa shape index (κ3) is 2.78. The second kappa shape index (κ2) is 6.07. The zero-order valence-corrected chi connectivity index (χ0v) is 11.8. The third-order valence-electron chi connectivity index (χ3n) is 3.20. The number of fused-ring (bicyclic) bond motifs is 1. The molecule has 3 rings (SSSR count). The Hall–Kier alpha value is -3.53. The lowest BCUT2D eigenvalue weighted by molar-refractivity contribution is -0.117. The van der Waals surface area contributed by atoms with Crippen molar-refractivity contribution in [2.75, 3.05) is 5.32 Å². The number of rotatable bonds is 4. The molecular weight excluding hydrogens is 296 g/mol. The minimum atomic E-state index is -1.51. The van der Waals surface area contributed by atoms with Crippen LogP contribution in [0.4, 0.5) is 5.95 Å². The normalized spacial score (nSPS) is 11.6. The molecule has 2 heterocycles. The van der Waals surface area contributed by atoms with Crippen LogP contribution < -0.4 is 5.32 Å². The Labute approximate surface area is 130 Å². The van der Waals surface area contributed by atoms with E-state index in [-0.39, 0.29) is 11.5 Å². The van der Waals surface area contributed by atoms with Crippen LogP contribution in [0.25, 0.3) is 11.0 Å². The van der Waals surface area contributed by atoms with Crippen molar-refractivity contribution in [2.24, 2.45) is 5.92 Å². The van der Waals surface area contributed by atoms with Gasteiger partial charge in [0.1, 0.15) is 11.8 Å². The highest BCUT2D eigenvalue weighted by molar-refractivity contribution is 6.19. The molecule has 0 radical (unpaired) electrons. The Balaban J connectivity index is 1.87. The van der Waals surface area contributed by atoms with Crippen molar-refractivity contribution >= 4 is 28.6 Å². The number of para-hydroxylation sites is 1. The molecule has 7 heteroatoms. The molecular formula is C16H10N4O3. The minimum absolute atomic E-state index is 0.0302. The van der Waals surface area contributed by atoms with Crippen LogP contribution in [0.15, 0.2) is 53.4 Å². The van der Waals surface area contributed by atoms with Crippen molar-refractivity contribution in [1.82, 2.24) is 9.97 Å². The molecule has 1 aromatic carbocycles. The van der Waals surface area contributed by atoms with Crippen LogP contribution in [-0.4, -0.2) is 21.7 Å². The number of nitrogens with one attached hydrogen (secondary N) is 1. The molecule has 1 N–H and O–H groups in total. The first-order valence-corrected chi connectivity index (χ1v) is 6.68. The molecule has 0 bridgehead atoms. The molecule has 2 aromatic heterocycles. The number of aromatic nitrogens is 2. The van der Waals surface area contributed by atoms with E-state index < -0.39 is 17.6 Å². The molecule has 1 atom stereocenters. The first-order valence-electron chi connectivity index (χ1n) is 6.68. The highest BCUT2D eigenvalue weighted by Crippen LogP contribution is 2.23. The van der Waals surface area contributed by atoms with Gasteiger partial charge in [-0.05, 0) is 12.1 Å². The number of carbonyl (C=O) groups is 2. The lowest BCUT2D eigenvalue weighted by Crippen LogP contribution is -2.29. The van der Waals surface area contributed by atoms with E-state index >= 15 is 0 Å². The van der Waals surface area contributed by atoms with Gasteiger partial charge in [0, 0.05) is 17.8 Å². The Bertz CT molecular complexity index is 912. The van der Waals surface area contributed by atoms with Crippen LogP contribution in [0.5, 0.6) is 0 Å². The average Bonchev–Trinajstić information content (AvgIpc) is 3.00. The standard InChI is InChI=1S/C16H10N4O3/c17-8-11(15(22)20-16-18-6-3-7-19-16)14(21)12-9-23-13-5-2-1-4-10(12)13/h1-7,9,11H,(H,18,19,20,22)/t11-/m0/s1. The van der Waals surface area contributed by atoms with Gasteiger partial charge in [0.25, 0.3) is 5.91 Å². The summed E-state index contributed by atoms with van der Waals surface area (Å²) in [5.41, 5.74) is 0.704. The fourth-order valence-electron chi connectivity index (χ4n) is 2.11. The predicted molar refractivity (Wildman–Crippen MR) is 80.3 cm³/mol. The monoisotopic (exact) mass is 306 g/mol. The smallest absolute Gasteiger partial charge is 0.252 e. The summed E-state index contributed by atoms with van der Waals surface area (Å²) in [5.74, 6) is -2.90. The van der Waals surface area contributed by atoms with Gasteiger partial charge in [-0.25, -0.2) is 9.97 Å². The second-order valence-corrected chi connectivity index (χ2v) is 4.63. The molecule has 0 spiro atoms. The molecule has 0 aliphatic rings. The van der Waals surface area contributed by atoms with Crippen LogP contribution in [0, 0.1) is 17.2 Å². The molecule has 0 aliphatic heterocycles. The topological polar surface area (TPSA) is 109 Å². The second-order valence-electron chi connectivity index (χ2n) is 4.63. The van der Waals surface area contributed by atoms with Crippen molar-refractivity contribution in [2.45, 2.75) is 0 Å². The van der Waals surface area contributed by atoms with E-state index in [4.69, 9.17) is 4.42 Å². The van der Waals surface area contributed by atoms with Gasteiger partial charge in [0.15, 0.2) is 11.7 Å². The number of Topliss-reactive ketones (excluding diaryl/α,β-unsaturated/α-hetero) is 1. The molecule has 0 aliphatic carbocycles. The van der Waals surface area contributed by atoms with Gasteiger partial charge in [-0.3, -0.25) is 14.9 Å². The van der Waals surface area contributed by atoms with E-state index in [0.29, 0.717) is 11.0 Å². The van der Waals surface area contributed by atoms with E-state index in [2.05, 4.69) is 15.3 Å². The molecule has 0 saturated carbocycles. The molecule has 3 aromatic rings. The van der Waals surface area contributed by atoms with Gasteiger partial charge in [-0.1, -0.05) is 18.2 Å². The van der Waals surface area contributed by atoms with Gasteiger partial charge in [0.05, 0.1) is 11.6 Å². The van der Waals surface area contributed by atoms with E-state index in [1.54, 1.807) is 36.4 Å². The summed E-state index contributed by atoms with van der Waals surface area (Å²) in [5, 5.41) is 12.1. The molecule has 1 amide bonds. The van der Waals surface area contributed by atoms with Gasteiger partial charge in [0.2, 0.25) is 5.95 Å². The number of carbonyl (C=O) groups excluding carboxylic acids is 2. The van der Waals surface area contributed by atoms with Crippen LogP contribution in [0.2, 0.25) is 0 Å². The molecule has 0 fully saturated rings. The van der Waals surface area contributed by atoms with Crippen molar-refractivity contribution in [3.05, 3.63) is 54.6 Å². The fraction of sp³-hybridized carbons (Fsp3) is 0.0625. The summed E-state index contributed by atoms with van der Waals surface area (Å²) >= 11 is 0. The number of nitrogens with zero attached hydrogens (tertiary/aromatic N) is 3. The zero-order chi connectivity index (χ0) is 16.2. The molecule has 0 saturated heterocycles. The fourth-order valence-corrected chi connectivity index (χ4v) is 2.11. The Kier molecular flexibility index (Phi) is 3.80. The molecule has 7 nitrogen and oxygen atoms in total. The number of nitriles is 1. The number of hydrogen-bond acceptors (Lipinski definition) is 6. The number of ketones is 1. The SMILES string of the molecule is N#C[C@H](C(=O)Nc1ncccn1)C(=O)c1coc2ccccc12. The number of hydrogen-bond donors (Lipinski definition) is 1. The van der Waals surface area contributed by atoms with E-state index in [1.807, 2.05) is 0 Å². The van der Waals surface area contributed by atoms with Crippen LogP contribution in [0.3, 0.4) is 0 Å². The maximum atomic E-state index is 12.5. The van der Waals surface area contributed by atoms with E-state index in [0.717, 1.165) is 0 Å². The summed E-state index contributed by atoms with van der Waals surface area (Å²) in [6, 6.07) is 10.2. The quantitative estimate of drug-likeness (QED) is 0.584.